The van der Waals surface area contributed by atoms with Crippen LogP contribution in [0, 0.1) is 5.82 Å². The minimum absolute atomic E-state index is 0.151. The molecule has 6 nitrogen and oxygen atoms in total. The molecule has 0 aliphatic heterocycles. The number of rotatable bonds is 8. The van der Waals surface area contributed by atoms with E-state index in [1.165, 1.54) is 12.1 Å². The fourth-order valence-corrected chi connectivity index (χ4v) is 3.21. The second kappa shape index (κ2) is 9.62. The number of hydrazone groups is 1. The number of aromatic nitrogens is 2. The zero-order chi connectivity index (χ0) is 20.8. The van der Waals surface area contributed by atoms with Crippen molar-refractivity contribution in [3.63, 3.8) is 0 Å². The third kappa shape index (κ3) is 4.99. The molecule has 2 aromatic carbocycles. The van der Waals surface area contributed by atoms with Gasteiger partial charge < -0.3 is 4.74 Å². The molecule has 29 heavy (non-hydrogen) atoms. The number of nitrogens with one attached hydrogen (secondary N) is 1. The quantitative estimate of drug-likeness (QED) is 0.334. The molecule has 152 valence electrons. The van der Waals surface area contributed by atoms with E-state index in [0.29, 0.717) is 54.3 Å². The molecule has 0 fully saturated rings. The predicted molar refractivity (Wildman–Crippen MR) is 114 cm³/mol. The van der Waals surface area contributed by atoms with Crippen LogP contribution in [-0.4, -0.2) is 28.5 Å². The summed E-state index contributed by atoms with van der Waals surface area (Å²) in [5.41, 5.74) is 4.43. The average Bonchev–Trinajstić information content (AvgIpc) is 2.71. The fourth-order valence-electron chi connectivity index (χ4n) is 2.91. The van der Waals surface area contributed by atoms with Gasteiger partial charge in [-0.15, -0.1) is 0 Å². The Morgan fingerprint density at radius 2 is 2.10 bits per heavy atom. The van der Waals surface area contributed by atoms with Crippen molar-refractivity contribution in [2.24, 2.45) is 5.10 Å². The average molecular weight is 417 g/mol. The first kappa shape index (κ1) is 21.0. The lowest BCUT2D eigenvalue weighted by Gasteiger charge is -2.13. The van der Waals surface area contributed by atoms with Crippen LogP contribution in [0.4, 0.5) is 10.3 Å². The molecule has 0 radical (unpaired) electrons. The molecule has 3 rings (SSSR count). The van der Waals surface area contributed by atoms with Crippen molar-refractivity contribution < 1.29 is 9.13 Å². The van der Waals surface area contributed by atoms with Crippen LogP contribution < -0.4 is 11.0 Å². The summed E-state index contributed by atoms with van der Waals surface area (Å²) in [5, 5.41) is 5.11. The maximum absolute atomic E-state index is 13.3. The molecule has 3 aromatic rings. The minimum atomic E-state index is -0.418. The van der Waals surface area contributed by atoms with Crippen molar-refractivity contribution in [3.8, 4) is 0 Å². The fraction of sp³-hybridized carbons (Fsp3) is 0.286. The van der Waals surface area contributed by atoms with Crippen molar-refractivity contribution in [1.82, 2.24) is 9.55 Å². The Labute approximate surface area is 173 Å². The topological polar surface area (TPSA) is 68.5 Å². The van der Waals surface area contributed by atoms with E-state index in [2.05, 4.69) is 15.5 Å². The van der Waals surface area contributed by atoms with E-state index < -0.39 is 5.82 Å². The number of nitrogens with zero attached hydrogens (tertiary/aromatic N) is 3. The highest BCUT2D eigenvalue weighted by molar-refractivity contribution is 6.34. The molecule has 8 heteroatoms. The number of para-hydroxylation sites is 1. The second-order valence-electron chi connectivity index (χ2n) is 6.39. The van der Waals surface area contributed by atoms with Crippen LogP contribution in [0.25, 0.3) is 10.9 Å². The van der Waals surface area contributed by atoms with Gasteiger partial charge in [-0.05, 0) is 50.6 Å². The molecule has 0 aliphatic rings. The normalized spacial score (nSPS) is 11.8. The van der Waals surface area contributed by atoms with Crippen molar-refractivity contribution in [1.29, 1.82) is 0 Å². The third-order valence-electron chi connectivity index (χ3n) is 4.38. The molecule has 0 bridgehead atoms. The Hall–Kier alpha value is -2.77. The first-order valence-corrected chi connectivity index (χ1v) is 9.72. The largest absolute Gasteiger partial charge is 0.382 e. The van der Waals surface area contributed by atoms with Crippen LogP contribution in [0.1, 0.15) is 25.8 Å². The SMILES string of the molecule is CCOCCCn1c(N/N=C(/C)c2ccc(F)cc2Cl)nc2ccccc2c1=O. The highest BCUT2D eigenvalue weighted by Gasteiger charge is 2.11. The van der Waals surface area contributed by atoms with Crippen molar-refractivity contribution >= 4 is 34.2 Å². The smallest absolute Gasteiger partial charge is 0.262 e. The monoisotopic (exact) mass is 416 g/mol. The summed E-state index contributed by atoms with van der Waals surface area (Å²) in [7, 11) is 0. The van der Waals surface area contributed by atoms with Gasteiger partial charge in [-0.3, -0.25) is 9.36 Å². The van der Waals surface area contributed by atoms with E-state index in [1.54, 1.807) is 29.7 Å². The van der Waals surface area contributed by atoms with Crippen LogP contribution in [-0.2, 0) is 11.3 Å². The van der Waals surface area contributed by atoms with Crippen LogP contribution in [0.15, 0.2) is 52.4 Å². The highest BCUT2D eigenvalue weighted by Crippen LogP contribution is 2.18. The van der Waals surface area contributed by atoms with Gasteiger partial charge in [0.15, 0.2) is 0 Å². The summed E-state index contributed by atoms with van der Waals surface area (Å²) in [6.07, 6.45) is 0.662. The zero-order valence-electron chi connectivity index (χ0n) is 16.3. The molecule has 0 atom stereocenters. The maximum atomic E-state index is 13.3. The molecular formula is C21H22ClFN4O2. The summed E-state index contributed by atoms with van der Waals surface area (Å²) < 4.78 is 20.2. The summed E-state index contributed by atoms with van der Waals surface area (Å²) in [6.45, 7) is 5.27. The van der Waals surface area contributed by atoms with E-state index in [1.807, 2.05) is 19.1 Å². The number of anilines is 1. The Morgan fingerprint density at radius 3 is 2.86 bits per heavy atom. The number of hydrogen-bond donors (Lipinski definition) is 1. The van der Waals surface area contributed by atoms with Crippen molar-refractivity contribution in [2.45, 2.75) is 26.8 Å². The molecule has 0 saturated carbocycles. The number of ether oxygens (including phenoxy) is 1. The van der Waals surface area contributed by atoms with E-state index >= 15 is 0 Å². The maximum Gasteiger partial charge on any atom is 0.262 e. The molecule has 1 N–H and O–H groups in total. The molecule has 0 saturated heterocycles. The first-order valence-electron chi connectivity index (χ1n) is 9.34. The van der Waals surface area contributed by atoms with E-state index in [-0.39, 0.29) is 10.6 Å². The van der Waals surface area contributed by atoms with Gasteiger partial charge in [-0.2, -0.15) is 5.10 Å². The lowest BCUT2D eigenvalue weighted by molar-refractivity contribution is 0.141. The van der Waals surface area contributed by atoms with Crippen molar-refractivity contribution in [2.75, 3.05) is 18.6 Å². The molecule has 0 spiro atoms. The Morgan fingerprint density at radius 1 is 1.31 bits per heavy atom. The Balaban J connectivity index is 1.95. The Bertz CT molecular complexity index is 1100. The van der Waals surface area contributed by atoms with Gasteiger partial charge in [0.25, 0.3) is 5.56 Å². The van der Waals surface area contributed by atoms with Gasteiger partial charge in [0, 0.05) is 25.3 Å². The second-order valence-corrected chi connectivity index (χ2v) is 6.80. The molecular weight excluding hydrogens is 395 g/mol. The Kier molecular flexibility index (Phi) is 6.95. The number of hydrogen-bond acceptors (Lipinski definition) is 5. The molecule has 1 heterocycles. The van der Waals surface area contributed by atoms with Gasteiger partial charge in [-0.1, -0.05) is 23.7 Å². The van der Waals surface area contributed by atoms with E-state index in [0.717, 1.165) is 0 Å². The zero-order valence-corrected chi connectivity index (χ0v) is 17.0. The van der Waals surface area contributed by atoms with Gasteiger partial charge >= 0.3 is 0 Å². The standard InChI is InChI=1S/C21H22ClFN4O2/c1-3-29-12-6-11-27-20(28)17-7-4-5-8-19(17)24-21(27)26-25-14(2)16-10-9-15(23)13-18(16)22/h4-5,7-10,13H,3,6,11-12H2,1-2H3,(H,24,26)/b25-14-. The van der Waals surface area contributed by atoms with Crippen LogP contribution >= 0.6 is 11.6 Å². The summed E-state index contributed by atoms with van der Waals surface area (Å²) in [5.74, 6) is -0.0957. The van der Waals surface area contributed by atoms with E-state index in [4.69, 9.17) is 16.3 Å². The lowest BCUT2D eigenvalue weighted by Crippen LogP contribution is -2.25. The molecule has 0 amide bonds. The lowest BCUT2D eigenvalue weighted by atomic mass is 10.1. The van der Waals surface area contributed by atoms with Gasteiger partial charge in [0.05, 0.1) is 21.6 Å². The molecule has 0 aliphatic carbocycles. The van der Waals surface area contributed by atoms with Crippen LogP contribution in [0.5, 0.6) is 0 Å². The van der Waals surface area contributed by atoms with Gasteiger partial charge in [0.2, 0.25) is 5.95 Å². The van der Waals surface area contributed by atoms with Crippen LogP contribution in [0.3, 0.4) is 0 Å². The van der Waals surface area contributed by atoms with Gasteiger partial charge in [-0.25, -0.2) is 14.8 Å². The molecule has 1 aromatic heterocycles. The van der Waals surface area contributed by atoms with Gasteiger partial charge in [0.1, 0.15) is 5.82 Å². The number of fused-ring (bicyclic) bond motifs is 1. The van der Waals surface area contributed by atoms with E-state index in [9.17, 15) is 9.18 Å². The van der Waals surface area contributed by atoms with Crippen LogP contribution in [0.2, 0.25) is 5.02 Å². The summed E-state index contributed by atoms with van der Waals surface area (Å²) in [6, 6.07) is 11.3. The highest BCUT2D eigenvalue weighted by atomic mass is 35.5. The predicted octanol–water partition coefficient (Wildman–Crippen LogP) is 4.45. The first-order chi connectivity index (χ1) is 14.0. The summed E-state index contributed by atoms with van der Waals surface area (Å²) in [4.78, 5) is 17.5. The molecule has 0 unspecified atom stereocenters. The number of halogens is 2. The summed E-state index contributed by atoms with van der Waals surface area (Å²) >= 11 is 6.11. The third-order valence-corrected chi connectivity index (χ3v) is 4.69. The number of benzene rings is 2. The minimum Gasteiger partial charge on any atom is -0.382 e. The van der Waals surface area contributed by atoms with Crippen molar-refractivity contribution in [3.05, 3.63) is 69.2 Å².